The third-order valence-electron chi connectivity index (χ3n) is 6.64. The van der Waals surface area contributed by atoms with E-state index in [1.165, 1.54) is 16.9 Å². The monoisotopic (exact) mass is 527 g/mol. The van der Waals surface area contributed by atoms with Gasteiger partial charge in [0.15, 0.2) is 6.61 Å². The summed E-state index contributed by atoms with van der Waals surface area (Å²) in [6, 6.07) is 24.2. The second-order valence-corrected chi connectivity index (χ2v) is 10.6. The number of rotatable bonds is 9. The van der Waals surface area contributed by atoms with Gasteiger partial charge in [-0.1, -0.05) is 80.1 Å². The number of anilines is 1. The van der Waals surface area contributed by atoms with Crippen LogP contribution in [0.25, 0.3) is 11.1 Å². The van der Waals surface area contributed by atoms with Crippen molar-refractivity contribution >= 4 is 28.2 Å². The van der Waals surface area contributed by atoms with Crippen LogP contribution >= 0.6 is 11.3 Å². The van der Waals surface area contributed by atoms with Gasteiger partial charge in [-0.3, -0.25) is 4.79 Å². The number of aryl methyl sites for hydroxylation is 2. The third-order valence-corrected chi connectivity index (χ3v) is 7.53. The summed E-state index contributed by atoms with van der Waals surface area (Å²) in [4.78, 5) is 25.7. The molecule has 0 bridgehead atoms. The minimum Gasteiger partial charge on any atom is -0.484 e. The van der Waals surface area contributed by atoms with Gasteiger partial charge >= 0.3 is 5.97 Å². The molecule has 0 radical (unpaired) electrons. The van der Waals surface area contributed by atoms with E-state index in [1.807, 2.05) is 73.8 Å². The number of ether oxygens (including phenoxy) is 2. The highest BCUT2D eigenvalue weighted by molar-refractivity contribution is 7.15. The smallest absolute Gasteiger partial charge is 0.341 e. The van der Waals surface area contributed by atoms with Gasteiger partial charge in [-0.25, -0.2) is 4.79 Å². The number of benzene rings is 3. The summed E-state index contributed by atoms with van der Waals surface area (Å²) in [6.07, 6.45) is 0. The maximum absolute atomic E-state index is 12.9. The summed E-state index contributed by atoms with van der Waals surface area (Å²) < 4.78 is 11.1. The van der Waals surface area contributed by atoms with Crippen LogP contribution in [0.1, 0.15) is 53.4 Å². The van der Waals surface area contributed by atoms with Crippen LogP contribution in [-0.2, 0) is 14.9 Å². The fourth-order valence-corrected chi connectivity index (χ4v) is 5.44. The molecule has 4 aromatic rings. The normalized spacial score (nSPS) is 11.2. The average Bonchev–Trinajstić information content (AvgIpc) is 3.31. The number of amides is 1. The molecule has 0 saturated heterocycles. The summed E-state index contributed by atoms with van der Waals surface area (Å²) in [5, 5.41) is 5.19. The van der Waals surface area contributed by atoms with E-state index in [0.29, 0.717) is 16.3 Å². The molecule has 1 aromatic heterocycles. The molecule has 1 amide bonds. The number of carbonyl (C=O) groups is 2. The Kier molecular flexibility index (Phi) is 8.32. The molecule has 3 aromatic carbocycles. The van der Waals surface area contributed by atoms with Crippen LogP contribution < -0.4 is 10.1 Å². The molecule has 1 heterocycles. The van der Waals surface area contributed by atoms with Crippen LogP contribution in [0.5, 0.6) is 5.75 Å². The molecule has 0 aliphatic heterocycles. The van der Waals surface area contributed by atoms with Crippen molar-refractivity contribution in [2.45, 2.75) is 40.0 Å². The molecular formula is C32H33NO4S. The highest BCUT2D eigenvalue weighted by atomic mass is 32.1. The number of thiophene rings is 1. The van der Waals surface area contributed by atoms with E-state index in [4.69, 9.17) is 9.47 Å². The quantitative estimate of drug-likeness (QED) is 0.228. The zero-order valence-electron chi connectivity index (χ0n) is 22.5. The first kappa shape index (κ1) is 27.1. The first-order valence-corrected chi connectivity index (χ1v) is 13.5. The molecule has 1 N–H and O–H groups in total. The summed E-state index contributed by atoms with van der Waals surface area (Å²) in [7, 11) is 0. The second-order valence-electron chi connectivity index (χ2n) is 9.74. The maximum atomic E-state index is 12.9. The highest BCUT2D eigenvalue weighted by Gasteiger charge is 2.24. The Balaban J connectivity index is 1.47. The van der Waals surface area contributed by atoms with Gasteiger partial charge in [0.1, 0.15) is 16.3 Å². The molecule has 6 heteroatoms. The lowest BCUT2D eigenvalue weighted by atomic mass is 9.78. The Labute approximate surface area is 228 Å². The number of carbonyl (C=O) groups excluding carboxylic acids is 2. The van der Waals surface area contributed by atoms with Gasteiger partial charge < -0.3 is 14.8 Å². The largest absolute Gasteiger partial charge is 0.484 e. The van der Waals surface area contributed by atoms with E-state index in [2.05, 4.69) is 37.4 Å². The van der Waals surface area contributed by atoms with Gasteiger partial charge in [-0.2, -0.15) is 0 Å². The average molecular weight is 528 g/mol. The minimum atomic E-state index is -0.462. The van der Waals surface area contributed by atoms with E-state index >= 15 is 0 Å². The van der Waals surface area contributed by atoms with Crippen LogP contribution in [-0.4, -0.2) is 25.1 Å². The predicted molar refractivity (Wildman–Crippen MR) is 154 cm³/mol. The lowest BCUT2D eigenvalue weighted by molar-refractivity contribution is -0.118. The first-order valence-electron chi connectivity index (χ1n) is 12.7. The van der Waals surface area contributed by atoms with Crippen molar-refractivity contribution in [1.29, 1.82) is 0 Å². The summed E-state index contributed by atoms with van der Waals surface area (Å²) in [5.41, 5.74) is 6.45. The van der Waals surface area contributed by atoms with Crippen LogP contribution in [0.4, 0.5) is 5.00 Å². The lowest BCUT2D eigenvalue weighted by Crippen LogP contribution is -2.21. The molecule has 196 valence electrons. The fraction of sp³-hybridized carbons (Fsp3) is 0.250. The van der Waals surface area contributed by atoms with Crippen LogP contribution in [0.15, 0.2) is 78.2 Å². The zero-order chi connectivity index (χ0) is 27.3. The van der Waals surface area contributed by atoms with Crippen molar-refractivity contribution in [2.24, 2.45) is 0 Å². The standard InChI is InChI=1S/C32H33NO4S/c1-6-36-31(35)29-27(26-17-12-21(2)18-22(26)3)20-38-30(29)33-28(34)19-37-25-15-13-24(14-16-25)32(4,5)23-10-8-7-9-11-23/h7-18,20H,6,19H2,1-5H3,(H,33,34). The molecule has 38 heavy (non-hydrogen) atoms. The Bertz CT molecular complexity index is 1420. The Morgan fingerprint density at radius 3 is 2.24 bits per heavy atom. The van der Waals surface area contributed by atoms with E-state index in [1.54, 1.807) is 6.92 Å². The van der Waals surface area contributed by atoms with Gasteiger partial charge in [-0.15, -0.1) is 11.3 Å². The van der Waals surface area contributed by atoms with Crippen LogP contribution in [0.3, 0.4) is 0 Å². The topological polar surface area (TPSA) is 64.6 Å². The van der Waals surface area contributed by atoms with Crippen molar-refractivity contribution in [1.82, 2.24) is 0 Å². The molecule has 0 atom stereocenters. The van der Waals surface area contributed by atoms with Crippen molar-refractivity contribution < 1.29 is 19.1 Å². The SMILES string of the molecule is CCOC(=O)c1c(-c2ccc(C)cc2C)csc1NC(=O)COc1ccc(C(C)(C)c2ccccc2)cc1. The Morgan fingerprint density at radius 2 is 1.58 bits per heavy atom. The molecule has 0 aliphatic rings. The number of esters is 1. The first-order chi connectivity index (χ1) is 18.2. The van der Waals surface area contributed by atoms with Crippen molar-refractivity contribution in [2.75, 3.05) is 18.5 Å². The second kappa shape index (κ2) is 11.7. The van der Waals surface area contributed by atoms with Crippen molar-refractivity contribution in [3.63, 3.8) is 0 Å². The van der Waals surface area contributed by atoms with Gasteiger partial charge in [0.2, 0.25) is 0 Å². The molecule has 5 nitrogen and oxygen atoms in total. The number of hydrogen-bond donors (Lipinski definition) is 1. The Morgan fingerprint density at radius 1 is 0.895 bits per heavy atom. The molecule has 0 spiro atoms. The summed E-state index contributed by atoms with van der Waals surface area (Å²) >= 11 is 1.30. The Hall–Kier alpha value is -3.90. The summed E-state index contributed by atoms with van der Waals surface area (Å²) in [6.45, 7) is 10.2. The third kappa shape index (κ3) is 5.97. The van der Waals surface area contributed by atoms with Crippen LogP contribution in [0, 0.1) is 13.8 Å². The molecule has 0 fully saturated rings. The van der Waals surface area contributed by atoms with E-state index in [0.717, 1.165) is 27.8 Å². The van der Waals surface area contributed by atoms with Gasteiger partial charge in [0.25, 0.3) is 5.91 Å². The molecule has 4 rings (SSSR count). The predicted octanol–water partition coefficient (Wildman–Crippen LogP) is 7.55. The maximum Gasteiger partial charge on any atom is 0.341 e. The van der Waals surface area contributed by atoms with Crippen LogP contribution in [0.2, 0.25) is 0 Å². The van der Waals surface area contributed by atoms with E-state index in [-0.39, 0.29) is 24.5 Å². The molecule has 0 aliphatic carbocycles. The van der Waals surface area contributed by atoms with Crippen molar-refractivity contribution in [3.05, 3.63) is 106 Å². The minimum absolute atomic E-state index is 0.159. The molecule has 0 saturated carbocycles. The van der Waals surface area contributed by atoms with Gasteiger partial charge in [0.05, 0.1) is 6.61 Å². The van der Waals surface area contributed by atoms with Gasteiger partial charge in [0, 0.05) is 16.4 Å². The fourth-order valence-electron chi connectivity index (χ4n) is 4.47. The zero-order valence-corrected chi connectivity index (χ0v) is 23.3. The number of hydrogen-bond acceptors (Lipinski definition) is 5. The molecular weight excluding hydrogens is 494 g/mol. The highest BCUT2D eigenvalue weighted by Crippen LogP contribution is 2.38. The lowest BCUT2D eigenvalue weighted by Gasteiger charge is -2.26. The van der Waals surface area contributed by atoms with Crippen molar-refractivity contribution in [3.8, 4) is 16.9 Å². The van der Waals surface area contributed by atoms with Gasteiger partial charge in [-0.05, 0) is 55.2 Å². The summed E-state index contributed by atoms with van der Waals surface area (Å²) in [5.74, 6) is -0.213. The van der Waals surface area contributed by atoms with E-state index in [9.17, 15) is 9.59 Å². The van der Waals surface area contributed by atoms with E-state index < -0.39 is 5.97 Å². The molecule has 0 unspecified atom stereocenters. The number of nitrogens with one attached hydrogen (secondary N) is 1.